The molecule has 1 aromatic heterocycles. The fourth-order valence-corrected chi connectivity index (χ4v) is 5.11. The molecule has 1 saturated heterocycles. The standard InChI is InChI=1S/C21H28N4O2S/c1-4-25(5-2)16-9-7-15(8-10-16)18-22-23-20(24(18)3)28-14-17-13-21(11-6-12-21)19(26)27-17/h7-10,17H,4-6,11-14H2,1-3H3. The van der Waals surface area contributed by atoms with Crippen LogP contribution < -0.4 is 4.90 Å². The molecule has 1 spiro atoms. The van der Waals surface area contributed by atoms with Crippen molar-refractivity contribution in [3.63, 3.8) is 0 Å². The third kappa shape index (κ3) is 3.41. The molecule has 0 bridgehead atoms. The van der Waals surface area contributed by atoms with Crippen LogP contribution in [0.1, 0.15) is 39.5 Å². The maximum atomic E-state index is 12.1. The number of thioether (sulfide) groups is 1. The maximum absolute atomic E-state index is 12.1. The zero-order valence-electron chi connectivity index (χ0n) is 16.9. The number of aromatic nitrogens is 3. The summed E-state index contributed by atoms with van der Waals surface area (Å²) < 4.78 is 7.63. The monoisotopic (exact) mass is 400 g/mol. The molecular formula is C21H28N4O2S. The number of carbonyl (C=O) groups is 1. The van der Waals surface area contributed by atoms with Gasteiger partial charge in [0.15, 0.2) is 11.0 Å². The molecule has 1 unspecified atom stereocenters. The quantitative estimate of drug-likeness (QED) is 0.519. The summed E-state index contributed by atoms with van der Waals surface area (Å²) in [6.07, 6.45) is 3.98. The number of nitrogens with zero attached hydrogens (tertiary/aromatic N) is 4. The number of carbonyl (C=O) groups excluding carboxylic acids is 1. The van der Waals surface area contributed by atoms with Crippen molar-refractivity contribution in [1.82, 2.24) is 14.8 Å². The van der Waals surface area contributed by atoms with E-state index in [4.69, 9.17) is 4.74 Å². The van der Waals surface area contributed by atoms with Crippen LogP contribution in [0.4, 0.5) is 5.69 Å². The van der Waals surface area contributed by atoms with E-state index in [-0.39, 0.29) is 17.5 Å². The number of cyclic esters (lactones) is 1. The Morgan fingerprint density at radius 3 is 2.50 bits per heavy atom. The molecule has 150 valence electrons. The Balaban J connectivity index is 1.41. The second kappa shape index (κ2) is 7.78. The highest BCUT2D eigenvalue weighted by atomic mass is 32.2. The van der Waals surface area contributed by atoms with E-state index in [0.717, 1.165) is 61.1 Å². The Bertz CT molecular complexity index is 841. The molecule has 1 aromatic carbocycles. The van der Waals surface area contributed by atoms with Crippen molar-refractivity contribution in [3.8, 4) is 11.4 Å². The van der Waals surface area contributed by atoms with E-state index in [1.807, 2.05) is 11.6 Å². The van der Waals surface area contributed by atoms with Gasteiger partial charge in [-0.25, -0.2) is 0 Å². The summed E-state index contributed by atoms with van der Waals surface area (Å²) >= 11 is 1.62. The van der Waals surface area contributed by atoms with Gasteiger partial charge in [0.1, 0.15) is 6.10 Å². The van der Waals surface area contributed by atoms with Crippen molar-refractivity contribution < 1.29 is 9.53 Å². The molecule has 0 N–H and O–H groups in total. The van der Waals surface area contributed by atoms with E-state index in [9.17, 15) is 4.79 Å². The Kier molecular flexibility index (Phi) is 5.36. The summed E-state index contributed by atoms with van der Waals surface area (Å²) in [4.78, 5) is 14.4. The van der Waals surface area contributed by atoms with Gasteiger partial charge >= 0.3 is 5.97 Å². The highest BCUT2D eigenvalue weighted by Gasteiger charge is 2.52. The van der Waals surface area contributed by atoms with Crippen LogP contribution in [-0.4, -0.2) is 45.7 Å². The van der Waals surface area contributed by atoms with Gasteiger partial charge in [0.05, 0.1) is 5.41 Å². The zero-order chi connectivity index (χ0) is 19.7. The average molecular weight is 401 g/mol. The van der Waals surface area contributed by atoms with Crippen molar-refractivity contribution in [2.75, 3.05) is 23.7 Å². The third-order valence-electron chi connectivity index (χ3n) is 6.12. The Morgan fingerprint density at radius 1 is 1.21 bits per heavy atom. The number of hydrogen-bond acceptors (Lipinski definition) is 6. The Labute approximate surface area is 170 Å². The average Bonchev–Trinajstić information content (AvgIpc) is 3.21. The van der Waals surface area contributed by atoms with E-state index >= 15 is 0 Å². The van der Waals surface area contributed by atoms with E-state index in [1.165, 1.54) is 5.69 Å². The van der Waals surface area contributed by atoms with Crippen LogP contribution in [0.25, 0.3) is 11.4 Å². The summed E-state index contributed by atoms with van der Waals surface area (Å²) in [7, 11) is 1.99. The van der Waals surface area contributed by atoms with Crippen LogP contribution in [0.2, 0.25) is 0 Å². The molecule has 1 aliphatic carbocycles. The van der Waals surface area contributed by atoms with Gasteiger partial charge in [0, 0.05) is 43.6 Å². The number of anilines is 1. The first-order valence-corrected chi connectivity index (χ1v) is 11.1. The van der Waals surface area contributed by atoms with Crippen molar-refractivity contribution in [2.45, 2.75) is 50.8 Å². The van der Waals surface area contributed by atoms with E-state index in [2.05, 4.69) is 53.2 Å². The molecule has 2 fully saturated rings. The van der Waals surface area contributed by atoms with Gasteiger partial charge < -0.3 is 14.2 Å². The molecule has 0 radical (unpaired) electrons. The summed E-state index contributed by atoms with van der Waals surface area (Å²) in [6, 6.07) is 8.48. The van der Waals surface area contributed by atoms with Crippen LogP contribution >= 0.6 is 11.8 Å². The number of benzene rings is 1. The van der Waals surface area contributed by atoms with Crippen molar-refractivity contribution >= 4 is 23.4 Å². The van der Waals surface area contributed by atoms with Crippen LogP contribution in [0, 0.1) is 5.41 Å². The molecule has 2 aromatic rings. The SMILES string of the molecule is CCN(CC)c1ccc(-c2nnc(SCC3CC4(CCC4)C(=O)O3)n2C)cc1. The third-order valence-corrected chi connectivity index (χ3v) is 7.28. The fourth-order valence-electron chi connectivity index (χ4n) is 4.21. The molecule has 7 heteroatoms. The molecule has 1 atom stereocenters. The summed E-state index contributed by atoms with van der Waals surface area (Å²) in [5.74, 6) is 1.60. The molecule has 1 aliphatic heterocycles. The van der Waals surface area contributed by atoms with Gasteiger partial charge in [-0.1, -0.05) is 18.2 Å². The Morgan fingerprint density at radius 2 is 1.93 bits per heavy atom. The Hall–Kier alpha value is -2.02. The molecule has 1 saturated carbocycles. The normalized spacial score (nSPS) is 20.2. The minimum Gasteiger partial charge on any atom is -0.461 e. The van der Waals surface area contributed by atoms with E-state index in [0.29, 0.717) is 0 Å². The highest BCUT2D eigenvalue weighted by molar-refractivity contribution is 7.99. The zero-order valence-corrected chi connectivity index (χ0v) is 17.7. The van der Waals surface area contributed by atoms with Gasteiger partial charge in [-0.05, 0) is 51.0 Å². The first-order valence-electron chi connectivity index (χ1n) is 10.1. The van der Waals surface area contributed by atoms with E-state index in [1.54, 1.807) is 11.8 Å². The van der Waals surface area contributed by atoms with Gasteiger partial charge in [-0.15, -0.1) is 10.2 Å². The predicted molar refractivity (Wildman–Crippen MR) is 112 cm³/mol. The molecule has 6 nitrogen and oxygen atoms in total. The van der Waals surface area contributed by atoms with Crippen LogP contribution in [0.15, 0.2) is 29.4 Å². The largest absolute Gasteiger partial charge is 0.461 e. The summed E-state index contributed by atoms with van der Waals surface area (Å²) in [5, 5.41) is 9.60. The molecule has 2 heterocycles. The molecule has 4 rings (SSSR count). The lowest BCUT2D eigenvalue weighted by Crippen LogP contribution is -2.33. The van der Waals surface area contributed by atoms with Crippen LogP contribution in [-0.2, 0) is 16.6 Å². The second-order valence-electron chi connectivity index (χ2n) is 7.76. The first kappa shape index (κ1) is 19.3. The van der Waals surface area contributed by atoms with Gasteiger partial charge in [0.2, 0.25) is 0 Å². The van der Waals surface area contributed by atoms with Crippen LogP contribution in [0.5, 0.6) is 0 Å². The number of esters is 1. The minimum atomic E-state index is -0.164. The van der Waals surface area contributed by atoms with Crippen LogP contribution in [0.3, 0.4) is 0 Å². The van der Waals surface area contributed by atoms with Crippen molar-refractivity contribution in [1.29, 1.82) is 0 Å². The molecule has 0 amide bonds. The number of rotatable bonds is 7. The van der Waals surface area contributed by atoms with Crippen molar-refractivity contribution in [2.24, 2.45) is 12.5 Å². The lowest BCUT2D eigenvalue weighted by atomic mass is 9.67. The van der Waals surface area contributed by atoms with Gasteiger partial charge in [0.25, 0.3) is 0 Å². The molecule has 2 aliphatic rings. The lowest BCUT2D eigenvalue weighted by molar-refractivity contribution is -0.151. The van der Waals surface area contributed by atoms with Crippen molar-refractivity contribution in [3.05, 3.63) is 24.3 Å². The fraction of sp³-hybridized carbons (Fsp3) is 0.571. The van der Waals surface area contributed by atoms with E-state index < -0.39 is 0 Å². The molecule has 28 heavy (non-hydrogen) atoms. The maximum Gasteiger partial charge on any atom is 0.312 e. The summed E-state index contributed by atoms with van der Waals surface area (Å²) in [5.41, 5.74) is 2.11. The first-order chi connectivity index (χ1) is 13.6. The highest BCUT2D eigenvalue weighted by Crippen LogP contribution is 2.50. The predicted octanol–water partition coefficient (Wildman–Crippen LogP) is 3.91. The second-order valence-corrected chi connectivity index (χ2v) is 8.75. The van der Waals surface area contributed by atoms with Gasteiger partial charge in [-0.2, -0.15) is 0 Å². The van der Waals surface area contributed by atoms with Gasteiger partial charge in [-0.3, -0.25) is 4.79 Å². The lowest BCUT2D eigenvalue weighted by Gasteiger charge is -2.33. The number of ether oxygens (including phenoxy) is 1. The smallest absolute Gasteiger partial charge is 0.312 e. The number of hydrogen-bond donors (Lipinski definition) is 0. The summed E-state index contributed by atoms with van der Waals surface area (Å²) in [6.45, 7) is 6.32. The topological polar surface area (TPSA) is 60.3 Å². The molecular weight excluding hydrogens is 372 g/mol. The minimum absolute atomic E-state index is 0.00805.